The molecule has 3 rings (SSSR count). The van der Waals surface area contributed by atoms with Crippen molar-refractivity contribution < 1.29 is 4.79 Å². The first-order valence-electron chi connectivity index (χ1n) is 8.58. The molecule has 1 aliphatic carbocycles. The Hall–Kier alpha value is -1.59. The van der Waals surface area contributed by atoms with Gasteiger partial charge in [0.05, 0.1) is 0 Å². The topological polar surface area (TPSA) is 61.6 Å². The van der Waals surface area contributed by atoms with E-state index in [1.807, 2.05) is 4.90 Å². The van der Waals surface area contributed by atoms with Gasteiger partial charge in [0.15, 0.2) is 0 Å². The molecule has 2 fully saturated rings. The van der Waals surface area contributed by atoms with Gasteiger partial charge in [-0.2, -0.15) is 0 Å². The molecule has 5 nitrogen and oxygen atoms in total. The van der Waals surface area contributed by atoms with Crippen LogP contribution in [-0.4, -0.2) is 48.1 Å². The van der Waals surface area contributed by atoms with Gasteiger partial charge in [-0.25, -0.2) is 4.79 Å². The molecule has 2 amide bonds. The molecule has 2 aliphatic rings. The fourth-order valence-corrected chi connectivity index (χ4v) is 3.59. The summed E-state index contributed by atoms with van der Waals surface area (Å²) in [6, 6.07) is 8.44. The Labute approximate surface area is 138 Å². The van der Waals surface area contributed by atoms with Gasteiger partial charge in [-0.15, -0.1) is 0 Å². The first-order chi connectivity index (χ1) is 11.0. The minimum atomic E-state index is -0.109. The summed E-state index contributed by atoms with van der Waals surface area (Å²) in [6.45, 7) is 6.19. The number of hydrogen-bond donors (Lipinski definition) is 2. The van der Waals surface area contributed by atoms with E-state index in [4.69, 9.17) is 5.73 Å². The van der Waals surface area contributed by atoms with E-state index >= 15 is 0 Å². The molecular weight excluding hydrogens is 288 g/mol. The molecule has 1 aromatic rings. The molecule has 0 aromatic heterocycles. The molecule has 1 saturated carbocycles. The van der Waals surface area contributed by atoms with Crippen molar-refractivity contribution >= 4 is 6.03 Å². The SMILES string of the molecule is CCN(C)Cc1cccc(CNC(=O)N2C[C@@H]3CC[C@]3(N)C2)c1. The molecule has 0 bridgehead atoms. The zero-order valence-corrected chi connectivity index (χ0v) is 14.2. The van der Waals surface area contributed by atoms with Gasteiger partial charge in [0.2, 0.25) is 0 Å². The van der Waals surface area contributed by atoms with Crippen LogP contribution in [0.2, 0.25) is 0 Å². The van der Waals surface area contributed by atoms with Gasteiger partial charge in [0.25, 0.3) is 0 Å². The summed E-state index contributed by atoms with van der Waals surface area (Å²) in [6.07, 6.45) is 2.21. The average molecular weight is 316 g/mol. The molecule has 1 heterocycles. The molecule has 1 saturated heterocycles. The summed E-state index contributed by atoms with van der Waals surface area (Å²) < 4.78 is 0. The van der Waals surface area contributed by atoms with Crippen LogP contribution in [0.3, 0.4) is 0 Å². The molecule has 3 N–H and O–H groups in total. The smallest absolute Gasteiger partial charge is 0.317 e. The summed E-state index contributed by atoms with van der Waals surface area (Å²) in [5, 5.41) is 3.04. The van der Waals surface area contributed by atoms with Crippen molar-refractivity contribution in [2.45, 2.75) is 38.4 Å². The number of nitrogens with two attached hydrogens (primary N) is 1. The first-order valence-corrected chi connectivity index (χ1v) is 8.58. The van der Waals surface area contributed by atoms with Crippen molar-refractivity contribution in [1.82, 2.24) is 15.1 Å². The molecule has 126 valence electrons. The summed E-state index contributed by atoms with van der Waals surface area (Å²) in [7, 11) is 2.11. The molecule has 2 atom stereocenters. The largest absolute Gasteiger partial charge is 0.334 e. The third-order valence-electron chi connectivity index (χ3n) is 5.41. The number of carbonyl (C=O) groups excluding carboxylic acids is 1. The Kier molecular flexibility index (Phi) is 4.60. The van der Waals surface area contributed by atoms with Crippen LogP contribution in [0.15, 0.2) is 24.3 Å². The number of fused-ring (bicyclic) bond motifs is 1. The minimum Gasteiger partial charge on any atom is -0.334 e. The van der Waals surface area contributed by atoms with E-state index < -0.39 is 0 Å². The van der Waals surface area contributed by atoms with Gasteiger partial charge >= 0.3 is 6.03 Å². The normalized spacial score (nSPS) is 26.1. The van der Waals surface area contributed by atoms with Gasteiger partial charge < -0.3 is 20.9 Å². The molecule has 23 heavy (non-hydrogen) atoms. The van der Waals surface area contributed by atoms with E-state index in [9.17, 15) is 4.79 Å². The Bertz CT molecular complexity index is 576. The molecule has 1 aliphatic heterocycles. The number of nitrogens with zero attached hydrogens (tertiary/aromatic N) is 2. The molecule has 0 spiro atoms. The average Bonchev–Trinajstić information content (AvgIpc) is 2.77. The predicted octanol–water partition coefficient (Wildman–Crippen LogP) is 1.77. The minimum absolute atomic E-state index is 0.0142. The monoisotopic (exact) mass is 316 g/mol. The van der Waals surface area contributed by atoms with Crippen molar-refractivity contribution in [3.8, 4) is 0 Å². The summed E-state index contributed by atoms with van der Waals surface area (Å²) >= 11 is 0. The first kappa shape index (κ1) is 16.3. The van der Waals surface area contributed by atoms with Gasteiger partial charge in [-0.05, 0) is 43.5 Å². The Morgan fingerprint density at radius 2 is 2.26 bits per heavy atom. The van der Waals surface area contributed by atoms with E-state index in [2.05, 4.69) is 48.5 Å². The summed E-state index contributed by atoms with van der Waals surface area (Å²) in [5.41, 5.74) is 8.61. The summed E-state index contributed by atoms with van der Waals surface area (Å²) in [5.74, 6) is 0.501. The second kappa shape index (κ2) is 6.49. The Balaban J connectivity index is 1.52. The Morgan fingerprint density at radius 3 is 2.87 bits per heavy atom. The number of amides is 2. The van der Waals surface area contributed by atoms with Crippen LogP contribution in [0.5, 0.6) is 0 Å². The van der Waals surface area contributed by atoms with E-state index in [1.165, 1.54) is 5.56 Å². The lowest BCUT2D eigenvalue weighted by Gasteiger charge is -2.39. The fraction of sp³-hybridized carbons (Fsp3) is 0.611. The van der Waals surface area contributed by atoms with Crippen LogP contribution in [0, 0.1) is 5.92 Å². The van der Waals surface area contributed by atoms with Crippen LogP contribution < -0.4 is 11.1 Å². The lowest BCUT2D eigenvalue weighted by molar-refractivity contribution is 0.187. The number of benzene rings is 1. The predicted molar refractivity (Wildman–Crippen MR) is 91.9 cm³/mol. The van der Waals surface area contributed by atoms with Gasteiger partial charge in [-0.3, -0.25) is 0 Å². The molecule has 5 heteroatoms. The summed E-state index contributed by atoms with van der Waals surface area (Å²) in [4.78, 5) is 16.5. The standard InChI is InChI=1S/C18H28N4O/c1-3-21(2)11-15-6-4-5-14(9-15)10-20-17(23)22-12-16-7-8-18(16,19)13-22/h4-6,9,16H,3,7-8,10-13,19H2,1-2H3,(H,20,23)/t16-,18-/m0/s1. The zero-order chi connectivity index (χ0) is 16.4. The van der Waals surface area contributed by atoms with Crippen LogP contribution in [0.1, 0.15) is 30.9 Å². The number of likely N-dealkylation sites (tertiary alicyclic amines) is 1. The second-order valence-corrected chi connectivity index (χ2v) is 7.16. The highest BCUT2D eigenvalue weighted by Crippen LogP contribution is 2.42. The Morgan fingerprint density at radius 1 is 1.48 bits per heavy atom. The third kappa shape index (κ3) is 3.51. The number of urea groups is 1. The maximum absolute atomic E-state index is 12.3. The van der Waals surface area contributed by atoms with Crippen molar-refractivity contribution in [3.05, 3.63) is 35.4 Å². The van der Waals surface area contributed by atoms with Gasteiger partial charge in [0, 0.05) is 31.7 Å². The van der Waals surface area contributed by atoms with Crippen molar-refractivity contribution in [3.63, 3.8) is 0 Å². The van der Waals surface area contributed by atoms with E-state index in [1.54, 1.807) is 0 Å². The fourth-order valence-electron chi connectivity index (χ4n) is 3.59. The zero-order valence-electron chi connectivity index (χ0n) is 14.2. The second-order valence-electron chi connectivity index (χ2n) is 7.16. The van der Waals surface area contributed by atoms with Gasteiger partial charge in [0.1, 0.15) is 0 Å². The quantitative estimate of drug-likeness (QED) is 0.870. The maximum Gasteiger partial charge on any atom is 0.317 e. The number of rotatable bonds is 5. The van der Waals surface area contributed by atoms with Crippen molar-refractivity contribution in [1.29, 1.82) is 0 Å². The van der Waals surface area contributed by atoms with Crippen molar-refractivity contribution in [2.24, 2.45) is 11.7 Å². The van der Waals surface area contributed by atoms with Gasteiger partial charge in [-0.1, -0.05) is 31.2 Å². The third-order valence-corrected chi connectivity index (χ3v) is 5.41. The van der Waals surface area contributed by atoms with E-state index in [0.29, 0.717) is 19.0 Å². The van der Waals surface area contributed by atoms with Crippen LogP contribution in [-0.2, 0) is 13.1 Å². The van der Waals surface area contributed by atoms with Crippen LogP contribution in [0.25, 0.3) is 0 Å². The maximum atomic E-state index is 12.3. The highest BCUT2D eigenvalue weighted by Gasteiger charge is 2.51. The van der Waals surface area contributed by atoms with Crippen LogP contribution >= 0.6 is 0 Å². The van der Waals surface area contributed by atoms with E-state index in [-0.39, 0.29) is 11.6 Å². The highest BCUT2D eigenvalue weighted by atomic mass is 16.2. The number of nitrogens with one attached hydrogen (secondary N) is 1. The molecule has 0 radical (unpaired) electrons. The molecular formula is C18H28N4O. The number of carbonyl (C=O) groups is 1. The lowest BCUT2D eigenvalue weighted by Crippen LogP contribution is -2.55. The van der Waals surface area contributed by atoms with Crippen LogP contribution in [0.4, 0.5) is 4.79 Å². The molecule has 1 aromatic carbocycles. The van der Waals surface area contributed by atoms with Crippen molar-refractivity contribution in [2.75, 3.05) is 26.7 Å². The highest BCUT2D eigenvalue weighted by molar-refractivity contribution is 5.75. The van der Waals surface area contributed by atoms with E-state index in [0.717, 1.165) is 38.0 Å². The number of hydrogen-bond acceptors (Lipinski definition) is 3. The molecule has 0 unspecified atom stereocenters. The lowest BCUT2D eigenvalue weighted by atomic mass is 9.70.